The molecule has 0 fully saturated rings. The summed E-state index contributed by atoms with van der Waals surface area (Å²) in [6, 6.07) is 13.9. The Morgan fingerprint density at radius 3 is 2.58 bits per heavy atom. The summed E-state index contributed by atoms with van der Waals surface area (Å²) in [5, 5.41) is 7.20. The number of fused-ring (bicyclic) bond motifs is 2. The SMILES string of the molecule is CC(C)c1cccc2c1CNCC2CC(C)c1cccc2c1CCNC2. The highest BCUT2D eigenvalue weighted by Gasteiger charge is 2.26. The second-order valence-corrected chi connectivity index (χ2v) is 8.45. The zero-order valence-electron chi connectivity index (χ0n) is 16.4. The minimum Gasteiger partial charge on any atom is -0.312 e. The molecule has 0 aromatic heterocycles. The fourth-order valence-corrected chi connectivity index (χ4v) is 5.02. The first kappa shape index (κ1) is 17.8. The lowest BCUT2D eigenvalue weighted by Gasteiger charge is -2.32. The molecule has 2 aliphatic heterocycles. The summed E-state index contributed by atoms with van der Waals surface area (Å²) in [5.74, 6) is 1.81. The summed E-state index contributed by atoms with van der Waals surface area (Å²) < 4.78 is 0. The molecule has 2 atom stereocenters. The lowest BCUT2D eigenvalue weighted by atomic mass is 9.78. The monoisotopic (exact) mass is 348 g/mol. The van der Waals surface area contributed by atoms with Crippen LogP contribution in [0.1, 0.15) is 78.3 Å². The van der Waals surface area contributed by atoms with Gasteiger partial charge >= 0.3 is 0 Å². The van der Waals surface area contributed by atoms with Gasteiger partial charge in [0.25, 0.3) is 0 Å². The van der Waals surface area contributed by atoms with Gasteiger partial charge in [-0.1, -0.05) is 57.2 Å². The Balaban J connectivity index is 1.61. The average molecular weight is 349 g/mol. The molecule has 0 saturated heterocycles. The van der Waals surface area contributed by atoms with Gasteiger partial charge in [0.1, 0.15) is 0 Å². The summed E-state index contributed by atoms with van der Waals surface area (Å²) in [6.07, 6.45) is 2.40. The summed E-state index contributed by atoms with van der Waals surface area (Å²) in [5.41, 5.74) is 9.37. The Hall–Kier alpha value is -1.64. The van der Waals surface area contributed by atoms with E-state index in [1.54, 1.807) is 22.3 Å². The van der Waals surface area contributed by atoms with Crippen LogP contribution in [0.3, 0.4) is 0 Å². The van der Waals surface area contributed by atoms with Crippen LogP contribution in [0.2, 0.25) is 0 Å². The van der Waals surface area contributed by atoms with E-state index in [-0.39, 0.29) is 0 Å². The molecule has 2 heterocycles. The van der Waals surface area contributed by atoms with Crippen LogP contribution in [0.4, 0.5) is 0 Å². The van der Waals surface area contributed by atoms with Crippen molar-refractivity contribution >= 4 is 0 Å². The maximum Gasteiger partial charge on any atom is 0.0211 e. The van der Waals surface area contributed by atoms with E-state index in [0.717, 1.165) is 26.2 Å². The van der Waals surface area contributed by atoms with Gasteiger partial charge in [-0.2, -0.15) is 0 Å². The van der Waals surface area contributed by atoms with E-state index in [4.69, 9.17) is 0 Å². The van der Waals surface area contributed by atoms with Crippen molar-refractivity contribution in [1.82, 2.24) is 10.6 Å². The van der Waals surface area contributed by atoms with E-state index >= 15 is 0 Å². The van der Waals surface area contributed by atoms with Crippen molar-refractivity contribution in [1.29, 1.82) is 0 Å². The molecule has 2 aliphatic rings. The van der Waals surface area contributed by atoms with Crippen LogP contribution in [0.25, 0.3) is 0 Å². The number of nitrogens with one attached hydrogen (secondary N) is 2. The first-order valence-electron chi connectivity index (χ1n) is 10.3. The minimum absolute atomic E-state index is 0.594. The molecule has 0 bridgehead atoms. The predicted molar refractivity (Wildman–Crippen MR) is 110 cm³/mol. The number of hydrogen-bond donors (Lipinski definition) is 2. The van der Waals surface area contributed by atoms with E-state index in [1.165, 1.54) is 24.0 Å². The summed E-state index contributed by atoms with van der Waals surface area (Å²) in [7, 11) is 0. The van der Waals surface area contributed by atoms with Gasteiger partial charge in [-0.3, -0.25) is 0 Å². The van der Waals surface area contributed by atoms with Gasteiger partial charge in [-0.05, 0) is 70.5 Å². The van der Waals surface area contributed by atoms with Gasteiger partial charge in [-0.25, -0.2) is 0 Å². The Morgan fingerprint density at radius 2 is 1.73 bits per heavy atom. The maximum absolute atomic E-state index is 3.70. The second-order valence-electron chi connectivity index (χ2n) is 8.45. The molecule has 138 valence electrons. The molecular formula is C24H32N2. The van der Waals surface area contributed by atoms with Crippen molar-refractivity contribution in [2.24, 2.45) is 0 Å². The molecule has 2 N–H and O–H groups in total. The number of rotatable bonds is 4. The van der Waals surface area contributed by atoms with Gasteiger partial charge in [0, 0.05) is 19.6 Å². The lowest BCUT2D eigenvalue weighted by molar-refractivity contribution is 0.477. The van der Waals surface area contributed by atoms with Crippen molar-refractivity contribution in [2.75, 3.05) is 13.1 Å². The third kappa shape index (κ3) is 3.33. The number of benzene rings is 2. The van der Waals surface area contributed by atoms with Crippen molar-refractivity contribution in [3.05, 3.63) is 69.8 Å². The summed E-state index contributed by atoms with van der Waals surface area (Å²) >= 11 is 0. The van der Waals surface area contributed by atoms with E-state index in [1.807, 2.05) is 0 Å². The van der Waals surface area contributed by atoms with Crippen LogP contribution >= 0.6 is 0 Å². The van der Waals surface area contributed by atoms with Crippen LogP contribution in [0.5, 0.6) is 0 Å². The van der Waals surface area contributed by atoms with Crippen LogP contribution < -0.4 is 10.6 Å². The third-order valence-corrected chi connectivity index (χ3v) is 6.35. The van der Waals surface area contributed by atoms with E-state index < -0.39 is 0 Å². The Morgan fingerprint density at radius 1 is 0.923 bits per heavy atom. The standard InChI is InChI=1S/C24H32N2/c1-16(2)20-7-5-9-22-19(14-26-15-24(20)22)12-17(3)21-8-4-6-18-13-25-11-10-23(18)21/h4-9,16-17,19,25-26H,10-15H2,1-3H3. The van der Waals surface area contributed by atoms with Crippen LogP contribution in [-0.4, -0.2) is 13.1 Å². The van der Waals surface area contributed by atoms with Crippen molar-refractivity contribution < 1.29 is 0 Å². The molecule has 0 saturated carbocycles. The van der Waals surface area contributed by atoms with E-state index in [2.05, 4.69) is 67.8 Å². The summed E-state index contributed by atoms with van der Waals surface area (Å²) in [6.45, 7) is 11.3. The third-order valence-electron chi connectivity index (χ3n) is 6.35. The zero-order chi connectivity index (χ0) is 18.1. The van der Waals surface area contributed by atoms with Crippen LogP contribution in [0.15, 0.2) is 36.4 Å². The van der Waals surface area contributed by atoms with Crippen molar-refractivity contribution in [3.8, 4) is 0 Å². The Labute approximate surface area is 158 Å². The van der Waals surface area contributed by atoms with Gasteiger partial charge < -0.3 is 10.6 Å². The molecule has 2 unspecified atom stereocenters. The highest BCUT2D eigenvalue weighted by atomic mass is 14.9. The van der Waals surface area contributed by atoms with Gasteiger partial charge in [-0.15, -0.1) is 0 Å². The fraction of sp³-hybridized carbons (Fsp3) is 0.500. The quantitative estimate of drug-likeness (QED) is 0.826. The van der Waals surface area contributed by atoms with Gasteiger partial charge in [0.15, 0.2) is 0 Å². The van der Waals surface area contributed by atoms with E-state index in [9.17, 15) is 0 Å². The highest BCUT2D eigenvalue weighted by Crippen LogP contribution is 2.37. The van der Waals surface area contributed by atoms with Crippen LogP contribution in [-0.2, 0) is 19.5 Å². The molecule has 0 aliphatic carbocycles. The largest absolute Gasteiger partial charge is 0.312 e. The maximum atomic E-state index is 3.70. The van der Waals surface area contributed by atoms with E-state index in [0.29, 0.717) is 17.8 Å². The fourth-order valence-electron chi connectivity index (χ4n) is 5.02. The average Bonchev–Trinajstić information content (AvgIpc) is 2.67. The second kappa shape index (κ2) is 7.54. The topological polar surface area (TPSA) is 24.1 Å². The smallest absolute Gasteiger partial charge is 0.0211 e. The van der Waals surface area contributed by atoms with Crippen molar-refractivity contribution in [3.63, 3.8) is 0 Å². The van der Waals surface area contributed by atoms with Crippen LogP contribution in [0, 0.1) is 0 Å². The minimum atomic E-state index is 0.594. The predicted octanol–water partition coefficient (Wildman–Crippen LogP) is 4.84. The molecule has 0 spiro atoms. The summed E-state index contributed by atoms with van der Waals surface area (Å²) in [4.78, 5) is 0. The molecule has 2 aromatic rings. The Kier molecular flexibility index (Phi) is 5.15. The molecule has 26 heavy (non-hydrogen) atoms. The molecule has 0 radical (unpaired) electrons. The molecule has 2 nitrogen and oxygen atoms in total. The molecule has 2 heteroatoms. The first-order chi connectivity index (χ1) is 12.6. The molecule has 4 rings (SSSR count). The van der Waals surface area contributed by atoms with Gasteiger partial charge in [0.05, 0.1) is 0 Å². The normalized spacial score (nSPS) is 20.5. The number of hydrogen-bond acceptors (Lipinski definition) is 2. The molecule has 0 amide bonds. The lowest BCUT2D eigenvalue weighted by Crippen LogP contribution is -2.30. The molecule has 2 aromatic carbocycles. The zero-order valence-corrected chi connectivity index (χ0v) is 16.4. The molecular weight excluding hydrogens is 316 g/mol. The first-order valence-corrected chi connectivity index (χ1v) is 10.3. The Bertz CT molecular complexity index is 778. The van der Waals surface area contributed by atoms with Gasteiger partial charge in [0.2, 0.25) is 0 Å². The highest BCUT2D eigenvalue weighted by molar-refractivity contribution is 5.42. The van der Waals surface area contributed by atoms with Crippen molar-refractivity contribution in [2.45, 2.75) is 64.5 Å².